The number of aliphatic imine (C=N–C) groups is 1. The maximum atomic E-state index is 6.33. The van der Waals surface area contributed by atoms with Gasteiger partial charge in [-0.1, -0.05) is 17.7 Å². The van der Waals surface area contributed by atoms with E-state index in [2.05, 4.69) is 20.6 Å². The average Bonchev–Trinajstić information content (AvgIpc) is 2.91. The number of aromatic nitrogens is 1. The summed E-state index contributed by atoms with van der Waals surface area (Å²) in [5, 5.41) is 7.14. The first-order valence-corrected chi connectivity index (χ1v) is 9.06. The molecule has 0 spiro atoms. The Morgan fingerprint density at radius 1 is 1.22 bits per heavy atom. The molecule has 27 heavy (non-hydrogen) atoms. The molecule has 6 nitrogen and oxygen atoms in total. The summed E-state index contributed by atoms with van der Waals surface area (Å²) in [4.78, 5) is 8.56. The zero-order valence-electron chi connectivity index (χ0n) is 15.2. The van der Waals surface area contributed by atoms with E-state index in [1.54, 1.807) is 13.2 Å². The lowest BCUT2D eigenvalue weighted by Crippen LogP contribution is -2.37. The van der Waals surface area contributed by atoms with Gasteiger partial charge in [0.2, 0.25) is 0 Å². The van der Waals surface area contributed by atoms with Crippen LogP contribution in [0.5, 0.6) is 11.5 Å². The molecular formula is C19H24ClIN4O2. The Labute approximate surface area is 181 Å². The van der Waals surface area contributed by atoms with Gasteiger partial charge in [-0.2, -0.15) is 0 Å². The Balaban J connectivity index is 0.00000261. The summed E-state index contributed by atoms with van der Waals surface area (Å²) in [5.41, 5.74) is 2.05. The molecule has 0 atom stereocenters. The van der Waals surface area contributed by atoms with Crippen LogP contribution in [0.25, 0.3) is 0 Å². The van der Waals surface area contributed by atoms with E-state index in [9.17, 15) is 0 Å². The highest BCUT2D eigenvalue weighted by Crippen LogP contribution is 2.37. The summed E-state index contributed by atoms with van der Waals surface area (Å²) in [6.45, 7) is 2.59. The smallest absolute Gasteiger partial charge is 0.191 e. The minimum atomic E-state index is 0. The molecule has 0 amide bonds. The van der Waals surface area contributed by atoms with Crippen molar-refractivity contribution < 1.29 is 9.47 Å². The van der Waals surface area contributed by atoms with Crippen LogP contribution in [0.15, 0.2) is 41.5 Å². The van der Waals surface area contributed by atoms with Gasteiger partial charge in [-0.15, -0.1) is 24.0 Å². The van der Waals surface area contributed by atoms with Crippen molar-refractivity contribution in [1.82, 2.24) is 15.6 Å². The lowest BCUT2D eigenvalue weighted by atomic mass is 10.2. The fourth-order valence-electron chi connectivity index (χ4n) is 2.65. The molecule has 1 aromatic carbocycles. The van der Waals surface area contributed by atoms with Gasteiger partial charge >= 0.3 is 0 Å². The van der Waals surface area contributed by atoms with E-state index in [1.807, 2.05) is 30.3 Å². The topological polar surface area (TPSA) is 67.8 Å². The monoisotopic (exact) mass is 502 g/mol. The predicted molar refractivity (Wildman–Crippen MR) is 119 cm³/mol. The van der Waals surface area contributed by atoms with E-state index < -0.39 is 0 Å². The van der Waals surface area contributed by atoms with E-state index in [0.29, 0.717) is 36.3 Å². The summed E-state index contributed by atoms with van der Waals surface area (Å²) >= 11 is 6.33. The van der Waals surface area contributed by atoms with Gasteiger partial charge in [-0.25, -0.2) is 0 Å². The van der Waals surface area contributed by atoms with E-state index in [4.69, 9.17) is 21.1 Å². The number of pyridine rings is 1. The maximum Gasteiger partial charge on any atom is 0.191 e. The Hall–Kier alpha value is -1.74. The lowest BCUT2D eigenvalue weighted by Gasteiger charge is -2.14. The van der Waals surface area contributed by atoms with Crippen LogP contribution in [-0.4, -0.2) is 37.7 Å². The first kappa shape index (κ1) is 21.6. The van der Waals surface area contributed by atoms with Gasteiger partial charge in [-0.3, -0.25) is 9.98 Å². The first-order valence-electron chi connectivity index (χ1n) is 8.68. The Morgan fingerprint density at radius 3 is 2.85 bits per heavy atom. The standard InChI is InChI=1S/C19H23ClN4O2.HI/c1-21-19(23-8-6-15-5-2-3-7-22-15)24-13-14-11-16(20)18-17(12-14)25-9-4-10-26-18;/h2-3,5,7,11-12H,4,6,8-10,13H2,1H3,(H2,21,23,24);1H. The highest BCUT2D eigenvalue weighted by molar-refractivity contribution is 14.0. The third-order valence-electron chi connectivity index (χ3n) is 3.95. The number of hydrogen-bond donors (Lipinski definition) is 2. The lowest BCUT2D eigenvalue weighted by molar-refractivity contribution is 0.297. The third-order valence-corrected chi connectivity index (χ3v) is 4.23. The summed E-state index contributed by atoms with van der Waals surface area (Å²) < 4.78 is 11.4. The van der Waals surface area contributed by atoms with Gasteiger partial charge in [0.25, 0.3) is 0 Å². The largest absolute Gasteiger partial charge is 0.489 e. The number of ether oxygens (including phenoxy) is 2. The van der Waals surface area contributed by atoms with Gasteiger partial charge in [0.15, 0.2) is 17.5 Å². The Morgan fingerprint density at radius 2 is 2.07 bits per heavy atom. The maximum absolute atomic E-state index is 6.33. The van der Waals surface area contributed by atoms with Crippen molar-refractivity contribution in [1.29, 1.82) is 0 Å². The number of nitrogens with one attached hydrogen (secondary N) is 2. The molecule has 8 heteroatoms. The number of rotatable bonds is 5. The molecule has 1 aliphatic rings. The molecule has 0 unspecified atom stereocenters. The summed E-state index contributed by atoms with van der Waals surface area (Å²) in [7, 11) is 1.75. The fourth-order valence-corrected chi connectivity index (χ4v) is 2.94. The molecule has 1 aliphatic heterocycles. The van der Waals surface area contributed by atoms with Crippen LogP contribution in [0.2, 0.25) is 5.02 Å². The molecule has 0 saturated carbocycles. The number of fused-ring (bicyclic) bond motifs is 1. The predicted octanol–water partition coefficient (Wildman–Crippen LogP) is 3.42. The van der Waals surface area contributed by atoms with Crippen molar-refractivity contribution in [3.63, 3.8) is 0 Å². The fraction of sp³-hybridized carbons (Fsp3) is 0.368. The van der Waals surface area contributed by atoms with Gasteiger partial charge < -0.3 is 20.1 Å². The zero-order valence-corrected chi connectivity index (χ0v) is 18.3. The van der Waals surface area contributed by atoms with E-state index >= 15 is 0 Å². The highest BCUT2D eigenvalue weighted by Gasteiger charge is 2.15. The molecule has 0 bridgehead atoms. The van der Waals surface area contributed by atoms with Crippen molar-refractivity contribution in [2.75, 3.05) is 26.8 Å². The van der Waals surface area contributed by atoms with Gasteiger partial charge in [0, 0.05) is 44.9 Å². The zero-order chi connectivity index (χ0) is 18.2. The number of halogens is 2. The van der Waals surface area contributed by atoms with Crippen molar-refractivity contribution in [2.45, 2.75) is 19.4 Å². The average molecular weight is 503 g/mol. The second-order valence-electron chi connectivity index (χ2n) is 5.88. The molecule has 0 aliphatic carbocycles. The van der Waals surface area contributed by atoms with E-state index in [0.717, 1.165) is 36.6 Å². The molecule has 3 rings (SSSR count). The molecule has 0 fully saturated rings. The Bertz CT molecular complexity index is 759. The summed E-state index contributed by atoms with van der Waals surface area (Å²) in [6, 6.07) is 9.77. The third kappa shape index (κ3) is 6.42. The molecule has 0 saturated heterocycles. The second-order valence-corrected chi connectivity index (χ2v) is 6.29. The molecule has 2 aromatic rings. The van der Waals surface area contributed by atoms with Crippen LogP contribution in [0, 0.1) is 0 Å². The number of hydrogen-bond acceptors (Lipinski definition) is 4. The van der Waals surface area contributed by atoms with Crippen molar-refractivity contribution in [3.05, 3.63) is 52.8 Å². The van der Waals surface area contributed by atoms with Crippen LogP contribution in [-0.2, 0) is 13.0 Å². The SMILES string of the molecule is CN=C(NCCc1ccccn1)NCc1cc(Cl)c2c(c1)OCCCO2.I. The first-order chi connectivity index (χ1) is 12.8. The minimum Gasteiger partial charge on any atom is -0.489 e. The number of nitrogens with zero attached hydrogens (tertiary/aromatic N) is 2. The quantitative estimate of drug-likeness (QED) is 0.373. The summed E-state index contributed by atoms with van der Waals surface area (Å²) in [5.74, 6) is 2.06. The van der Waals surface area contributed by atoms with Crippen molar-refractivity contribution in [3.8, 4) is 11.5 Å². The number of guanidine groups is 1. The highest BCUT2D eigenvalue weighted by atomic mass is 127. The molecule has 2 N–H and O–H groups in total. The minimum absolute atomic E-state index is 0. The van der Waals surface area contributed by atoms with E-state index in [-0.39, 0.29) is 24.0 Å². The van der Waals surface area contributed by atoms with Crippen LogP contribution in [0.4, 0.5) is 0 Å². The molecule has 1 aromatic heterocycles. The van der Waals surface area contributed by atoms with Crippen LogP contribution in [0.3, 0.4) is 0 Å². The summed E-state index contributed by atoms with van der Waals surface area (Å²) in [6.07, 6.45) is 3.49. The van der Waals surface area contributed by atoms with Crippen LogP contribution < -0.4 is 20.1 Å². The van der Waals surface area contributed by atoms with Crippen molar-refractivity contribution in [2.24, 2.45) is 4.99 Å². The molecule has 2 heterocycles. The van der Waals surface area contributed by atoms with Gasteiger partial charge in [-0.05, 0) is 29.8 Å². The normalized spacial score (nSPS) is 13.3. The van der Waals surface area contributed by atoms with Crippen LogP contribution >= 0.6 is 35.6 Å². The molecule has 0 radical (unpaired) electrons. The van der Waals surface area contributed by atoms with Gasteiger partial charge in [0.05, 0.1) is 18.2 Å². The second kappa shape index (κ2) is 11.2. The van der Waals surface area contributed by atoms with Gasteiger partial charge in [0.1, 0.15) is 0 Å². The molecule has 146 valence electrons. The van der Waals surface area contributed by atoms with Crippen LogP contribution in [0.1, 0.15) is 17.7 Å². The van der Waals surface area contributed by atoms with Crippen molar-refractivity contribution >= 4 is 41.5 Å². The molecular weight excluding hydrogens is 479 g/mol. The number of benzene rings is 1. The van der Waals surface area contributed by atoms with E-state index in [1.165, 1.54) is 0 Å². The Kier molecular flexibility index (Phi) is 8.93.